The minimum atomic E-state index is -0.431. The summed E-state index contributed by atoms with van der Waals surface area (Å²) in [5, 5.41) is 2.70. The van der Waals surface area contributed by atoms with Gasteiger partial charge in [0.1, 0.15) is 17.3 Å². The lowest BCUT2D eigenvalue weighted by Crippen LogP contribution is -2.22. The molecule has 1 aliphatic carbocycles. The van der Waals surface area contributed by atoms with E-state index >= 15 is 0 Å². The SMILES string of the molecule is O=C(NCc1ccccc1F)c1ccc(-c2c(-c3ccc(F)cc3)ncn2C2CCCC2)o1. The van der Waals surface area contributed by atoms with E-state index in [9.17, 15) is 13.6 Å². The Kier molecular flexibility index (Phi) is 5.77. The second-order valence-corrected chi connectivity index (χ2v) is 8.23. The molecule has 0 saturated heterocycles. The molecule has 33 heavy (non-hydrogen) atoms. The zero-order valence-electron chi connectivity index (χ0n) is 17.9. The normalized spacial score (nSPS) is 14.0. The number of furan rings is 1. The molecule has 1 fully saturated rings. The zero-order valence-corrected chi connectivity index (χ0v) is 17.9. The van der Waals surface area contributed by atoms with Gasteiger partial charge in [0.25, 0.3) is 5.91 Å². The predicted octanol–water partition coefficient (Wildman–Crippen LogP) is 6.13. The first kappa shape index (κ1) is 21.1. The van der Waals surface area contributed by atoms with E-state index in [1.165, 1.54) is 18.2 Å². The third kappa shape index (κ3) is 4.31. The second kappa shape index (κ2) is 9.02. The van der Waals surface area contributed by atoms with Crippen LogP contribution in [-0.4, -0.2) is 15.5 Å². The molecule has 5 nitrogen and oxygen atoms in total. The lowest BCUT2D eigenvalue weighted by Gasteiger charge is -2.15. The molecule has 0 bridgehead atoms. The molecule has 1 amide bonds. The van der Waals surface area contributed by atoms with Crippen LogP contribution in [0.5, 0.6) is 0 Å². The molecule has 2 aromatic carbocycles. The Balaban J connectivity index is 1.45. The molecular formula is C26H23F2N3O2. The monoisotopic (exact) mass is 447 g/mol. The first-order valence-corrected chi connectivity index (χ1v) is 11.0. The van der Waals surface area contributed by atoms with Gasteiger partial charge in [-0.25, -0.2) is 13.8 Å². The highest BCUT2D eigenvalue weighted by atomic mass is 19.1. The summed E-state index contributed by atoms with van der Waals surface area (Å²) in [4.78, 5) is 17.3. The number of carbonyl (C=O) groups is 1. The molecule has 5 rings (SSSR count). The molecule has 2 aromatic heterocycles. The van der Waals surface area contributed by atoms with Crippen LogP contribution in [0.4, 0.5) is 8.78 Å². The summed E-state index contributed by atoms with van der Waals surface area (Å²) in [6.07, 6.45) is 6.18. The van der Waals surface area contributed by atoms with Crippen molar-refractivity contribution in [2.45, 2.75) is 38.3 Å². The quantitative estimate of drug-likeness (QED) is 0.387. The molecule has 0 atom stereocenters. The summed E-state index contributed by atoms with van der Waals surface area (Å²) in [7, 11) is 0. The third-order valence-electron chi connectivity index (χ3n) is 6.09. The minimum absolute atomic E-state index is 0.0579. The van der Waals surface area contributed by atoms with Crippen molar-refractivity contribution in [1.82, 2.24) is 14.9 Å². The Morgan fingerprint density at radius 3 is 2.55 bits per heavy atom. The fourth-order valence-corrected chi connectivity index (χ4v) is 4.37. The molecule has 1 saturated carbocycles. The van der Waals surface area contributed by atoms with Gasteiger partial charge in [-0.05, 0) is 55.3 Å². The molecule has 168 valence electrons. The maximum Gasteiger partial charge on any atom is 0.287 e. The van der Waals surface area contributed by atoms with Crippen LogP contribution in [0.2, 0.25) is 0 Å². The van der Waals surface area contributed by atoms with Gasteiger partial charge >= 0.3 is 0 Å². The average Bonchev–Trinajstić information content (AvgIpc) is 3.59. The summed E-state index contributed by atoms with van der Waals surface area (Å²) in [6, 6.07) is 16.1. The number of halogens is 2. The van der Waals surface area contributed by atoms with Gasteiger partial charge in [-0.15, -0.1) is 0 Å². The largest absolute Gasteiger partial charge is 0.449 e. The molecule has 0 aliphatic heterocycles. The van der Waals surface area contributed by atoms with Gasteiger partial charge in [-0.2, -0.15) is 0 Å². The van der Waals surface area contributed by atoms with Gasteiger partial charge in [0.05, 0.1) is 12.0 Å². The zero-order chi connectivity index (χ0) is 22.8. The number of benzene rings is 2. The number of hydrogen-bond acceptors (Lipinski definition) is 3. The van der Waals surface area contributed by atoms with Crippen LogP contribution in [0.15, 0.2) is 71.4 Å². The summed E-state index contributed by atoms with van der Waals surface area (Å²) >= 11 is 0. The standard InChI is InChI=1S/C26H23F2N3O2/c27-19-11-9-17(10-12-19)24-25(31(16-30-24)20-6-2-3-7-20)22-13-14-23(33-22)26(32)29-15-18-5-1-4-8-21(18)28/h1,4-5,8-14,16,20H,2-3,6-7,15H2,(H,29,32). The van der Waals surface area contributed by atoms with E-state index in [0.29, 0.717) is 23.1 Å². The molecule has 0 unspecified atom stereocenters. The van der Waals surface area contributed by atoms with E-state index in [0.717, 1.165) is 36.9 Å². The highest BCUT2D eigenvalue weighted by Crippen LogP contribution is 2.39. The third-order valence-corrected chi connectivity index (χ3v) is 6.09. The van der Waals surface area contributed by atoms with Gasteiger partial charge < -0.3 is 14.3 Å². The van der Waals surface area contributed by atoms with E-state index in [2.05, 4.69) is 14.9 Å². The van der Waals surface area contributed by atoms with Crippen LogP contribution in [0.25, 0.3) is 22.7 Å². The van der Waals surface area contributed by atoms with E-state index in [1.807, 2.05) is 0 Å². The van der Waals surface area contributed by atoms with E-state index in [1.54, 1.807) is 48.8 Å². The number of nitrogens with one attached hydrogen (secondary N) is 1. The number of rotatable bonds is 6. The fourth-order valence-electron chi connectivity index (χ4n) is 4.37. The summed E-state index contributed by atoms with van der Waals surface area (Å²) in [5.41, 5.74) is 2.61. The van der Waals surface area contributed by atoms with Crippen molar-refractivity contribution >= 4 is 5.91 Å². The predicted molar refractivity (Wildman–Crippen MR) is 120 cm³/mol. The maximum atomic E-state index is 13.8. The smallest absolute Gasteiger partial charge is 0.287 e. The van der Waals surface area contributed by atoms with Crippen molar-refractivity contribution in [3.63, 3.8) is 0 Å². The molecule has 0 spiro atoms. The van der Waals surface area contributed by atoms with Crippen molar-refractivity contribution in [3.8, 4) is 22.7 Å². The number of aromatic nitrogens is 2. The van der Waals surface area contributed by atoms with Crippen LogP contribution >= 0.6 is 0 Å². The first-order valence-electron chi connectivity index (χ1n) is 11.0. The van der Waals surface area contributed by atoms with Gasteiger partial charge in [0, 0.05) is 23.7 Å². The van der Waals surface area contributed by atoms with Gasteiger partial charge in [0.2, 0.25) is 0 Å². The summed E-state index contributed by atoms with van der Waals surface area (Å²) in [5.74, 6) is -0.482. The molecule has 2 heterocycles. The van der Waals surface area contributed by atoms with Crippen LogP contribution < -0.4 is 5.32 Å². The van der Waals surface area contributed by atoms with Crippen LogP contribution in [-0.2, 0) is 6.54 Å². The average molecular weight is 447 g/mol. The number of amides is 1. The number of hydrogen-bond donors (Lipinski definition) is 1. The molecular weight excluding hydrogens is 424 g/mol. The van der Waals surface area contributed by atoms with Gasteiger partial charge in [0.15, 0.2) is 11.5 Å². The summed E-state index contributed by atoms with van der Waals surface area (Å²) in [6.45, 7) is 0.0579. The molecule has 7 heteroatoms. The van der Waals surface area contributed by atoms with Gasteiger partial charge in [-0.1, -0.05) is 31.0 Å². The maximum absolute atomic E-state index is 13.8. The molecule has 1 N–H and O–H groups in total. The number of carbonyl (C=O) groups excluding carboxylic acids is 1. The van der Waals surface area contributed by atoms with Crippen LogP contribution in [0, 0.1) is 11.6 Å². The Hall–Kier alpha value is -3.74. The highest BCUT2D eigenvalue weighted by Gasteiger charge is 2.26. The molecule has 1 aliphatic rings. The fraction of sp³-hybridized carbons (Fsp3) is 0.231. The number of nitrogens with zero attached hydrogens (tertiary/aromatic N) is 2. The minimum Gasteiger partial charge on any atom is -0.449 e. The van der Waals surface area contributed by atoms with Crippen molar-refractivity contribution in [2.75, 3.05) is 0 Å². The van der Waals surface area contributed by atoms with Crippen LogP contribution in [0.3, 0.4) is 0 Å². The van der Waals surface area contributed by atoms with E-state index in [-0.39, 0.29) is 23.9 Å². The Morgan fingerprint density at radius 2 is 1.79 bits per heavy atom. The molecule has 0 radical (unpaired) electrons. The topological polar surface area (TPSA) is 60.1 Å². The van der Waals surface area contributed by atoms with Gasteiger partial charge in [-0.3, -0.25) is 4.79 Å². The number of imidazole rings is 1. The Labute approximate surface area is 190 Å². The summed E-state index contributed by atoms with van der Waals surface area (Å²) < 4.78 is 35.4. The van der Waals surface area contributed by atoms with Crippen molar-refractivity contribution in [1.29, 1.82) is 0 Å². The lowest BCUT2D eigenvalue weighted by atomic mass is 10.1. The first-order chi connectivity index (χ1) is 16.1. The second-order valence-electron chi connectivity index (χ2n) is 8.23. The van der Waals surface area contributed by atoms with E-state index in [4.69, 9.17) is 4.42 Å². The Morgan fingerprint density at radius 1 is 1.03 bits per heavy atom. The molecule has 4 aromatic rings. The highest BCUT2D eigenvalue weighted by molar-refractivity contribution is 5.92. The van der Waals surface area contributed by atoms with Crippen molar-refractivity contribution in [3.05, 3.63) is 89.9 Å². The lowest BCUT2D eigenvalue weighted by molar-refractivity contribution is 0.0923. The van der Waals surface area contributed by atoms with Crippen molar-refractivity contribution < 1.29 is 18.0 Å². The van der Waals surface area contributed by atoms with Crippen molar-refractivity contribution in [2.24, 2.45) is 0 Å². The Bertz CT molecular complexity index is 1270. The van der Waals surface area contributed by atoms with Crippen LogP contribution in [0.1, 0.15) is 47.8 Å². The van der Waals surface area contributed by atoms with E-state index < -0.39 is 5.91 Å².